The molecule has 9 nitrogen and oxygen atoms in total. The Balaban J connectivity index is 1.20. The summed E-state index contributed by atoms with van der Waals surface area (Å²) in [6.07, 6.45) is 3.82. The molecule has 1 aliphatic carbocycles. The van der Waals surface area contributed by atoms with Crippen LogP contribution in [0.25, 0.3) is 22.5 Å². The van der Waals surface area contributed by atoms with Gasteiger partial charge in [0, 0.05) is 29.7 Å². The largest absolute Gasteiger partial charge is 0.440 e. The van der Waals surface area contributed by atoms with Gasteiger partial charge in [-0.15, -0.1) is 0 Å². The lowest BCUT2D eigenvalue weighted by atomic mass is 9.86. The highest BCUT2D eigenvalue weighted by atomic mass is 16.6. The fourth-order valence-electron chi connectivity index (χ4n) is 3.86. The van der Waals surface area contributed by atoms with Crippen LogP contribution < -0.4 is 5.32 Å². The van der Waals surface area contributed by atoms with E-state index in [4.69, 9.17) is 8.94 Å². The van der Waals surface area contributed by atoms with E-state index in [9.17, 15) is 10.1 Å². The number of hydrogen-bond donors (Lipinski definition) is 1. The van der Waals surface area contributed by atoms with Gasteiger partial charge in [-0.25, -0.2) is 4.98 Å². The molecule has 1 saturated carbocycles. The van der Waals surface area contributed by atoms with Gasteiger partial charge in [0.25, 0.3) is 5.69 Å². The molecule has 1 aliphatic rings. The van der Waals surface area contributed by atoms with Gasteiger partial charge in [-0.05, 0) is 49.9 Å². The van der Waals surface area contributed by atoms with E-state index in [0.29, 0.717) is 23.3 Å². The minimum Gasteiger partial charge on any atom is -0.440 e. The van der Waals surface area contributed by atoms with Crippen LogP contribution in [0.4, 0.5) is 11.7 Å². The molecule has 2 aromatic carbocycles. The Hall–Kier alpha value is -3.75. The molecule has 0 unspecified atom stereocenters. The van der Waals surface area contributed by atoms with E-state index in [0.717, 1.165) is 42.7 Å². The number of anilines is 1. The predicted molar refractivity (Wildman–Crippen MR) is 109 cm³/mol. The van der Waals surface area contributed by atoms with E-state index in [1.54, 1.807) is 12.1 Å². The van der Waals surface area contributed by atoms with Crippen molar-refractivity contribution in [1.29, 1.82) is 0 Å². The topological polar surface area (TPSA) is 120 Å². The number of hydrogen-bond acceptors (Lipinski definition) is 8. The Kier molecular flexibility index (Phi) is 4.62. The van der Waals surface area contributed by atoms with Crippen molar-refractivity contribution in [2.24, 2.45) is 0 Å². The highest BCUT2D eigenvalue weighted by Gasteiger charge is 2.27. The van der Waals surface area contributed by atoms with Crippen LogP contribution in [0.2, 0.25) is 0 Å². The fraction of sp³-hybridized carbons (Fsp3) is 0.286. The summed E-state index contributed by atoms with van der Waals surface area (Å²) in [7, 11) is 0. The maximum atomic E-state index is 10.8. The standard InChI is InChI=1S/C21H19N5O4/c27-26(28)16-11-7-13(8-12-16)19-24-21(30-25-19)22-15-9-5-14(6-10-15)20-23-17-3-1-2-4-18(17)29-20/h1-4,7-8,11-12,14-15H,5-6,9-10H2,(H,22,24,25). The molecule has 0 spiro atoms. The third kappa shape index (κ3) is 3.61. The van der Waals surface area contributed by atoms with Gasteiger partial charge in [0.05, 0.1) is 4.92 Å². The highest BCUT2D eigenvalue weighted by molar-refractivity contribution is 5.72. The average molecular weight is 405 g/mol. The van der Waals surface area contributed by atoms with Gasteiger partial charge in [-0.3, -0.25) is 10.1 Å². The number of nitrogens with one attached hydrogen (secondary N) is 1. The van der Waals surface area contributed by atoms with Crippen molar-refractivity contribution in [3.63, 3.8) is 0 Å². The van der Waals surface area contributed by atoms with E-state index in [1.165, 1.54) is 12.1 Å². The van der Waals surface area contributed by atoms with Crippen molar-refractivity contribution < 1.29 is 13.9 Å². The van der Waals surface area contributed by atoms with Gasteiger partial charge in [-0.2, -0.15) is 4.98 Å². The summed E-state index contributed by atoms with van der Waals surface area (Å²) in [6.45, 7) is 0. The number of aromatic nitrogens is 3. The molecular weight excluding hydrogens is 386 g/mol. The minimum absolute atomic E-state index is 0.0243. The first-order valence-corrected chi connectivity index (χ1v) is 9.86. The summed E-state index contributed by atoms with van der Waals surface area (Å²) in [5.41, 5.74) is 2.42. The van der Waals surface area contributed by atoms with Crippen LogP contribution in [0.5, 0.6) is 0 Å². The third-order valence-corrected chi connectivity index (χ3v) is 5.48. The maximum absolute atomic E-state index is 10.8. The quantitative estimate of drug-likeness (QED) is 0.367. The van der Waals surface area contributed by atoms with E-state index in [2.05, 4.69) is 20.4 Å². The van der Waals surface area contributed by atoms with Crippen LogP contribution in [-0.4, -0.2) is 26.1 Å². The summed E-state index contributed by atoms with van der Waals surface area (Å²) in [5, 5.41) is 18.0. The van der Waals surface area contributed by atoms with Crippen LogP contribution in [0.1, 0.15) is 37.5 Å². The smallest absolute Gasteiger partial charge is 0.322 e. The molecule has 0 saturated heterocycles. The summed E-state index contributed by atoms with van der Waals surface area (Å²) in [4.78, 5) is 19.3. The van der Waals surface area contributed by atoms with Gasteiger partial charge in [0.1, 0.15) is 5.52 Å². The fourth-order valence-corrected chi connectivity index (χ4v) is 3.86. The second-order valence-corrected chi connectivity index (χ2v) is 7.44. The minimum atomic E-state index is -0.440. The van der Waals surface area contributed by atoms with Crippen LogP contribution in [0.3, 0.4) is 0 Å². The number of para-hydroxylation sites is 2. The Morgan fingerprint density at radius 2 is 1.77 bits per heavy atom. The molecule has 0 radical (unpaired) electrons. The van der Waals surface area contributed by atoms with Gasteiger partial charge >= 0.3 is 6.01 Å². The number of fused-ring (bicyclic) bond motifs is 1. The molecule has 1 N–H and O–H groups in total. The number of nitrogens with zero attached hydrogens (tertiary/aromatic N) is 4. The second-order valence-electron chi connectivity index (χ2n) is 7.44. The van der Waals surface area contributed by atoms with E-state index < -0.39 is 4.92 Å². The molecule has 30 heavy (non-hydrogen) atoms. The molecule has 0 atom stereocenters. The second kappa shape index (κ2) is 7.58. The first-order valence-electron chi connectivity index (χ1n) is 9.86. The van der Waals surface area contributed by atoms with Crippen molar-refractivity contribution in [3.05, 3.63) is 64.5 Å². The molecule has 0 bridgehead atoms. The van der Waals surface area contributed by atoms with E-state index in [-0.39, 0.29) is 11.7 Å². The van der Waals surface area contributed by atoms with Crippen molar-refractivity contribution in [1.82, 2.24) is 15.1 Å². The third-order valence-electron chi connectivity index (χ3n) is 5.48. The molecule has 9 heteroatoms. The summed E-state index contributed by atoms with van der Waals surface area (Å²) >= 11 is 0. The van der Waals surface area contributed by atoms with Crippen LogP contribution in [-0.2, 0) is 0 Å². The van der Waals surface area contributed by atoms with Crippen molar-refractivity contribution in [2.75, 3.05) is 5.32 Å². The number of oxazole rings is 1. The monoisotopic (exact) mass is 405 g/mol. The lowest BCUT2D eigenvalue weighted by Gasteiger charge is -2.26. The summed E-state index contributed by atoms with van der Waals surface area (Å²) < 4.78 is 11.2. The number of benzene rings is 2. The average Bonchev–Trinajstić information content (AvgIpc) is 3.41. The Bertz CT molecular complexity index is 1140. The molecule has 2 heterocycles. The number of rotatable bonds is 5. The lowest BCUT2D eigenvalue weighted by molar-refractivity contribution is -0.384. The van der Waals surface area contributed by atoms with Crippen LogP contribution >= 0.6 is 0 Å². The van der Waals surface area contributed by atoms with Crippen molar-refractivity contribution in [3.8, 4) is 11.4 Å². The molecule has 0 amide bonds. The number of nitro groups is 1. The SMILES string of the molecule is O=[N+]([O-])c1ccc(-c2noc(NC3CCC(c4nc5ccccc5o4)CC3)n2)cc1. The molecule has 1 fully saturated rings. The van der Waals surface area contributed by atoms with Gasteiger partial charge < -0.3 is 14.3 Å². The summed E-state index contributed by atoms with van der Waals surface area (Å²) in [6, 6.07) is 14.5. The Labute approximate surface area is 171 Å². The first-order chi connectivity index (χ1) is 14.7. The van der Waals surface area contributed by atoms with Gasteiger partial charge in [-0.1, -0.05) is 17.3 Å². The molecule has 0 aliphatic heterocycles. The Morgan fingerprint density at radius 1 is 1.00 bits per heavy atom. The molecular formula is C21H19N5O4. The summed E-state index contributed by atoms with van der Waals surface area (Å²) in [5.74, 6) is 1.52. The maximum Gasteiger partial charge on any atom is 0.322 e. The zero-order chi connectivity index (χ0) is 20.5. The van der Waals surface area contributed by atoms with E-state index in [1.807, 2.05) is 24.3 Å². The number of nitro benzene ring substituents is 1. The van der Waals surface area contributed by atoms with Gasteiger partial charge in [0.2, 0.25) is 5.82 Å². The molecule has 5 rings (SSSR count). The van der Waals surface area contributed by atoms with E-state index >= 15 is 0 Å². The molecule has 152 valence electrons. The normalized spacial score (nSPS) is 19.1. The lowest BCUT2D eigenvalue weighted by Crippen LogP contribution is -2.25. The first kappa shape index (κ1) is 18.3. The number of non-ortho nitro benzene ring substituents is 1. The van der Waals surface area contributed by atoms with Crippen molar-refractivity contribution >= 4 is 22.8 Å². The highest BCUT2D eigenvalue weighted by Crippen LogP contribution is 2.35. The molecule has 4 aromatic rings. The Morgan fingerprint density at radius 3 is 2.50 bits per heavy atom. The van der Waals surface area contributed by atoms with Crippen LogP contribution in [0.15, 0.2) is 57.5 Å². The molecule has 2 aromatic heterocycles. The van der Waals surface area contributed by atoms with Crippen LogP contribution in [0, 0.1) is 10.1 Å². The van der Waals surface area contributed by atoms with Gasteiger partial charge in [0.15, 0.2) is 11.5 Å². The van der Waals surface area contributed by atoms with Crippen molar-refractivity contribution in [2.45, 2.75) is 37.6 Å². The zero-order valence-corrected chi connectivity index (χ0v) is 16.0. The predicted octanol–water partition coefficient (Wildman–Crippen LogP) is 4.92. The zero-order valence-electron chi connectivity index (χ0n) is 16.0.